The maximum Gasteiger partial charge on any atom is 0.284 e. The van der Waals surface area contributed by atoms with E-state index in [2.05, 4.69) is 10.2 Å². The van der Waals surface area contributed by atoms with Crippen LogP contribution < -0.4 is 10.2 Å². The molecule has 18 heavy (non-hydrogen) atoms. The fourth-order valence-electron chi connectivity index (χ4n) is 1.06. The van der Waals surface area contributed by atoms with E-state index < -0.39 is 12.0 Å². The molecule has 0 radical (unpaired) electrons. The number of nitrogens with one attached hydrogen (secondary N) is 1. The molecule has 0 aliphatic carbocycles. The van der Waals surface area contributed by atoms with Crippen LogP contribution in [0.2, 0.25) is 10.0 Å². The Hall–Kier alpha value is -1.01. The van der Waals surface area contributed by atoms with Gasteiger partial charge in [-0.1, -0.05) is 23.2 Å². The lowest BCUT2D eigenvalue weighted by atomic mass is 10.3. The smallest absolute Gasteiger partial charge is 0.284 e. The van der Waals surface area contributed by atoms with Gasteiger partial charge in [0, 0.05) is 12.1 Å². The van der Waals surface area contributed by atoms with E-state index in [4.69, 9.17) is 32.8 Å². The number of rotatable bonds is 6. The SMILES string of the molecule is COCONC(=O)C(C)Oc1ccc(Cl)cc1Cl. The van der Waals surface area contributed by atoms with Crippen molar-refractivity contribution in [2.24, 2.45) is 0 Å². The average Bonchev–Trinajstić information content (AvgIpc) is 2.32. The maximum atomic E-state index is 11.5. The molecule has 0 bridgehead atoms. The number of hydrogen-bond donors (Lipinski definition) is 1. The molecule has 1 aromatic rings. The van der Waals surface area contributed by atoms with Crippen molar-refractivity contribution in [3.05, 3.63) is 28.2 Å². The zero-order valence-corrected chi connectivity index (χ0v) is 11.4. The summed E-state index contributed by atoms with van der Waals surface area (Å²) < 4.78 is 9.98. The van der Waals surface area contributed by atoms with Gasteiger partial charge in [0.25, 0.3) is 5.91 Å². The standard InChI is InChI=1S/C11H13Cl2NO4/c1-7(11(15)14-17-6-16-2)18-10-4-3-8(12)5-9(10)13/h3-5,7H,6H2,1-2H3,(H,14,15). The highest BCUT2D eigenvalue weighted by Gasteiger charge is 2.16. The summed E-state index contributed by atoms with van der Waals surface area (Å²) in [7, 11) is 1.44. The van der Waals surface area contributed by atoms with Crippen molar-refractivity contribution in [1.82, 2.24) is 5.48 Å². The van der Waals surface area contributed by atoms with Crippen LogP contribution in [0.3, 0.4) is 0 Å². The van der Waals surface area contributed by atoms with Gasteiger partial charge in [-0.25, -0.2) is 10.3 Å². The summed E-state index contributed by atoms with van der Waals surface area (Å²) >= 11 is 11.7. The molecule has 1 aromatic carbocycles. The largest absolute Gasteiger partial charge is 0.479 e. The Labute approximate surface area is 115 Å². The normalized spacial score (nSPS) is 12.0. The average molecular weight is 294 g/mol. The lowest BCUT2D eigenvalue weighted by Gasteiger charge is -2.15. The van der Waals surface area contributed by atoms with Gasteiger partial charge < -0.3 is 9.47 Å². The highest BCUT2D eigenvalue weighted by atomic mass is 35.5. The third-order valence-electron chi connectivity index (χ3n) is 1.92. The van der Waals surface area contributed by atoms with Crippen molar-refractivity contribution >= 4 is 29.1 Å². The van der Waals surface area contributed by atoms with E-state index in [1.54, 1.807) is 19.1 Å². The zero-order chi connectivity index (χ0) is 13.5. The minimum atomic E-state index is -0.763. The van der Waals surface area contributed by atoms with Gasteiger partial charge in [-0.05, 0) is 25.1 Å². The Morgan fingerprint density at radius 3 is 2.78 bits per heavy atom. The summed E-state index contributed by atoms with van der Waals surface area (Å²) in [5.41, 5.74) is 2.18. The Morgan fingerprint density at radius 1 is 1.44 bits per heavy atom. The second kappa shape index (κ2) is 7.43. The minimum Gasteiger partial charge on any atom is -0.479 e. The molecule has 1 amide bonds. The van der Waals surface area contributed by atoms with Gasteiger partial charge in [0.15, 0.2) is 12.9 Å². The molecule has 0 fully saturated rings. The molecule has 0 aliphatic rings. The number of carbonyl (C=O) groups is 1. The highest BCUT2D eigenvalue weighted by Crippen LogP contribution is 2.28. The number of methoxy groups -OCH3 is 1. The molecule has 0 saturated heterocycles. The lowest BCUT2D eigenvalue weighted by molar-refractivity contribution is -0.150. The fourth-order valence-corrected chi connectivity index (χ4v) is 1.51. The number of amides is 1. The summed E-state index contributed by atoms with van der Waals surface area (Å²) in [6.45, 7) is 1.52. The first kappa shape index (κ1) is 15.0. The van der Waals surface area contributed by atoms with E-state index in [9.17, 15) is 4.79 Å². The first-order chi connectivity index (χ1) is 8.54. The van der Waals surface area contributed by atoms with Crippen LogP contribution in [-0.4, -0.2) is 25.9 Å². The van der Waals surface area contributed by atoms with Gasteiger partial charge in [0.05, 0.1) is 5.02 Å². The van der Waals surface area contributed by atoms with Gasteiger partial charge >= 0.3 is 0 Å². The molecule has 5 nitrogen and oxygen atoms in total. The molecule has 0 aliphatic heterocycles. The number of ether oxygens (including phenoxy) is 2. The van der Waals surface area contributed by atoms with Crippen molar-refractivity contribution in [2.75, 3.05) is 13.9 Å². The molecule has 1 atom stereocenters. The highest BCUT2D eigenvalue weighted by molar-refractivity contribution is 6.35. The Morgan fingerprint density at radius 2 is 2.17 bits per heavy atom. The van der Waals surface area contributed by atoms with Crippen LogP contribution in [-0.2, 0) is 14.4 Å². The molecule has 7 heteroatoms. The summed E-state index contributed by atoms with van der Waals surface area (Å²) in [5.74, 6) is -0.0754. The van der Waals surface area contributed by atoms with Gasteiger partial charge in [0.2, 0.25) is 0 Å². The zero-order valence-electron chi connectivity index (χ0n) is 9.91. The van der Waals surface area contributed by atoms with E-state index in [1.165, 1.54) is 13.2 Å². The van der Waals surface area contributed by atoms with Crippen LogP contribution in [0.25, 0.3) is 0 Å². The Kier molecular flexibility index (Phi) is 6.21. The third kappa shape index (κ3) is 4.70. The molecule has 1 N–H and O–H groups in total. The monoisotopic (exact) mass is 293 g/mol. The van der Waals surface area contributed by atoms with Crippen LogP contribution in [0.4, 0.5) is 0 Å². The molecule has 0 aromatic heterocycles. The van der Waals surface area contributed by atoms with Crippen molar-refractivity contribution in [1.29, 1.82) is 0 Å². The quantitative estimate of drug-likeness (QED) is 0.497. The van der Waals surface area contributed by atoms with E-state index in [0.717, 1.165) is 0 Å². The summed E-state index contributed by atoms with van der Waals surface area (Å²) in [6.07, 6.45) is -0.763. The molecular formula is C11H13Cl2NO4. The molecule has 1 unspecified atom stereocenters. The van der Waals surface area contributed by atoms with E-state index >= 15 is 0 Å². The third-order valence-corrected chi connectivity index (χ3v) is 2.45. The fraction of sp³-hybridized carbons (Fsp3) is 0.364. The molecule has 100 valence electrons. The Bertz CT molecular complexity index is 414. The Balaban J connectivity index is 2.53. The molecule has 0 heterocycles. The molecular weight excluding hydrogens is 281 g/mol. The maximum absolute atomic E-state index is 11.5. The van der Waals surface area contributed by atoms with Crippen LogP contribution in [0.1, 0.15) is 6.92 Å². The van der Waals surface area contributed by atoms with Gasteiger partial charge in [-0.15, -0.1) is 0 Å². The number of carbonyl (C=O) groups excluding carboxylic acids is 1. The molecule has 1 rings (SSSR count). The predicted octanol–water partition coefficient (Wildman–Crippen LogP) is 2.41. The van der Waals surface area contributed by atoms with Crippen LogP contribution >= 0.6 is 23.2 Å². The predicted molar refractivity (Wildman–Crippen MR) is 67.7 cm³/mol. The van der Waals surface area contributed by atoms with Crippen molar-refractivity contribution in [2.45, 2.75) is 13.0 Å². The number of halogens is 2. The van der Waals surface area contributed by atoms with Crippen molar-refractivity contribution in [3.63, 3.8) is 0 Å². The topological polar surface area (TPSA) is 56.8 Å². The molecule has 0 saturated carbocycles. The van der Waals surface area contributed by atoms with Crippen molar-refractivity contribution < 1.29 is 19.1 Å². The summed E-state index contributed by atoms with van der Waals surface area (Å²) in [4.78, 5) is 16.2. The second-order valence-electron chi connectivity index (χ2n) is 3.35. The first-order valence-electron chi connectivity index (χ1n) is 5.07. The minimum absolute atomic E-state index is 0.0415. The van der Waals surface area contributed by atoms with Crippen LogP contribution in [0, 0.1) is 0 Å². The number of benzene rings is 1. The molecule has 0 spiro atoms. The van der Waals surface area contributed by atoms with Crippen LogP contribution in [0.15, 0.2) is 18.2 Å². The van der Waals surface area contributed by atoms with E-state index in [1.807, 2.05) is 0 Å². The second-order valence-corrected chi connectivity index (χ2v) is 4.20. The van der Waals surface area contributed by atoms with E-state index in [-0.39, 0.29) is 6.79 Å². The lowest BCUT2D eigenvalue weighted by Crippen LogP contribution is -2.36. The van der Waals surface area contributed by atoms with E-state index in [0.29, 0.717) is 15.8 Å². The van der Waals surface area contributed by atoms with Crippen LogP contribution in [0.5, 0.6) is 5.75 Å². The number of hydrogen-bond acceptors (Lipinski definition) is 4. The van der Waals surface area contributed by atoms with Gasteiger partial charge in [0.1, 0.15) is 5.75 Å². The van der Waals surface area contributed by atoms with Gasteiger partial charge in [-0.3, -0.25) is 4.79 Å². The summed E-state index contributed by atoms with van der Waals surface area (Å²) in [6, 6.07) is 4.74. The first-order valence-corrected chi connectivity index (χ1v) is 5.82. The van der Waals surface area contributed by atoms with Gasteiger partial charge in [-0.2, -0.15) is 0 Å². The van der Waals surface area contributed by atoms with Crippen molar-refractivity contribution in [3.8, 4) is 5.75 Å². The summed E-state index contributed by atoms with van der Waals surface area (Å²) in [5, 5.41) is 0.827. The number of hydroxylamine groups is 1.